The molecule has 0 saturated heterocycles. The van der Waals surface area contributed by atoms with Crippen LogP contribution in [-0.2, 0) is 19.0 Å². The molecule has 6 heteroatoms. The van der Waals surface area contributed by atoms with E-state index in [1.54, 1.807) is 0 Å². The van der Waals surface area contributed by atoms with Gasteiger partial charge in [0.1, 0.15) is 0 Å². The average molecular weight is 474 g/mol. The quantitative estimate of drug-likeness (QED) is 0.433. The van der Waals surface area contributed by atoms with Crippen LogP contribution in [0.5, 0.6) is 0 Å². The molecule has 1 heterocycles. The van der Waals surface area contributed by atoms with E-state index in [0.717, 1.165) is 55.0 Å². The second kappa shape index (κ2) is 7.52. The highest BCUT2D eigenvalue weighted by Gasteiger charge is 2.47. The predicted octanol–water partition coefficient (Wildman–Crippen LogP) is 7.60. The molecule has 1 fully saturated rings. The van der Waals surface area contributed by atoms with Crippen molar-refractivity contribution in [3.05, 3.63) is 62.5 Å². The van der Waals surface area contributed by atoms with Crippen molar-refractivity contribution in [1.82, 2.24) is 4.98 Å². The summed E-state index contributed by atoms with van der Waals surface area (Å²) in [4.78, 5) is 5.00. The second-order valence-corrected chi connectivity index (χ2v) is 11.6. The van der Waals surface area contributed by atoms with E-state index >= 15 is 4.39 Å². The number of fused-ring (bicyclic) bond motifs is 3. The van der Waals surface area contributed by atoms with E-state index in [4.69, 9.17) is 4.98 Å². The van der Waals surface area contributed by atoms with Crippen LogP contribution in [0.2, 0.25) is 0 Å². The van der Waals surface area contributed by atoms with Crippen molar-refractivity contribution in [2.45, 2.75) is 102 Å². The smallest absolute Gasteiger partial charge is 0.388 e. The fraction of sp³-hybridized carbons (Fsp3) is 0.607. The molecule has 0 aliphatic heterocycles. The van der Waals surface area contributed by atoms with Gasteiger partial charge in [0, 0.05) is 22.7 Å². The number of alkyl halides is 4. The molecule has 1 unspecified atom stereocenters. The van der Waals surface area contributed by atoms with Crippen LogP contribution in [0.1, 0.15) is 133 Å². The lowest BCUT2D eigenvalue weighted by molar-refractivity contribution is -0.138. The van der Waals surface area contributed by atoms with Crippen molar-refractivity contribution in [1.29, 1.82) is 0 Å². The predicted molar refractivity (Wildman–Crippen MR) is 122 cm³/mol. The van der Waals surface area contributed by atoms with Crippen molar-refractivity contribution < 1.29 is 22.7 Å². The molecule has 0 spiro atoms. The van der Waals surface area contributed by atoms with Crippen molar-refractivity contribution in [2.75, 3.05) is 0 Å². The Hall–Kier alpha value is -1.95. The van der Waals surface area contributed by atoms with Gasteiger partial charge in [-0.25, -0.2) is 4.39 Å². The van der Waals surface area contributed by atoms with Gasteiger partial charge in [0.25, 0.3) is 0 Å². The Morgan fingerprint density at radius 2 is 1.71 bits per heavy atom. The van der Waals surface area contributed by atoms with Crippen LogP contribution in [0.15, 0.2) is 12.1 Å². The van der Waals surface area contributed by atoms with Gasteiger partial charge < -0.3 is 5.11 Å². The summed E-state index contributed by atoms with van der Waals surface area (Å²) in [6, 6.07) is 2.43. The standard InChI is InChI=1S/C28H31F4NO/c1-27(2)12-19-23(20(34)13-27)21(14-6-4-3-5-7-14)24-25(29)16-10-11-18(28(30,31)32)15-8-9-17(22(15)16)26(24)33-19/h10-11,14,17,20,25,34H,3-9,12-13H2,1-2H3/t17?,20-,25-/m0/s1. The van der Waals surface area contributed by atoms with E-state index in [-0.39, 0.29) is 22.8 Å². The first-order valence-electron chi connectivity index (χ1n) is 12.7. The number of hydrogen-bond donors (Lipinski definition) is 1. The highest BCUT2D eigenvalue weighted by Crippen LogP contribution is 2.57. The molecular formula is C28H31F4NO. The first-order valence-corrected chi connectivity index (χ1v) is 12.7. The molecule has 182 valence electrons. The Bertz CT molecular complexity index is 1160. The number of aromatic nitrogens is 1. The summed E-state index contributed by atoms with van der Waals surface area (Å²) in [5.41, 5.74) is 4.18. The van der Waals surface area contributed by atoms with Crippen LogP contribution in [-0.4, -0.2) is 10.1 Å². The lowest BCUT2D eigenvalue weighted by Gasteiger charge is -2.41. The average Bonchev–Trinajstić information content (AvgIpc) is 3.20. The van der Waals surface area contributed by atoms with Gasteiger partial charge in [-0.3, -0.25) is 4.98 Å². The zero-order valence-corrected chi connectivity index (χ0v) is 19.7. The third kappa shape index (κ3) is 3.27. The number of rotatable bonds is 1. The van der Waals surface area contributed by atoms with Crippen molar-refractivity contribution in [3.63, 3.8) is 0 Å². The van der Waals surface area contributed by atoms with Crippen molar-refractivity contribution in [3.8, 4) is 0 Å². The monoisotopic (exact) mass is 473 g/mol. The van der Waals surface area contributed by atoms with Crippen LogP contribution in [0.4, 0.5) is 17.6 Å². The zero-order valence-electron chi connectivity index (χ0n) is 19.7. The molecule has 1 aromatic carbocycles. The molecule has 0 radical (unpaired) electrons. The lowest BCUT2D eigenvalue weighted by Crippen LogP contribution is -2.31. The molecule has 4 aliphatic carbocycles. The third-order valence-corrected chi connectivity index (χ3v) is 8.75. The first kappa shape index (κ1) is 22.5. The van der Waals surface area contributed by atoms with E-state index in [1.165, 1.54) is 6.07 Å². The number of nitrogens with zero attached hydrogens (tertiary/aromatic N) is 1. The molecule has 0 bridgehead atoms. The molecule has 3 atom stereocenters. The topological polar surface area (TPSA) is 33.1 Å². The molecule has 2 aromatic rings. The summed E-state index contributed by atoms with van der Waals surface area (Å²) < 4.78 is 57.7. The molecule has 2 nitrogen and oxygen atoms in total. The maximum Gasteiger partial charge on any atom is 0.416 e. The molecular weight excluding hydrogens is 442 g/mol. The molecule has 1 N–H and O–H groups in total. The Morgan fingerprint density at radius 1 is 0.971 bits per heavy atom. The van der Waals surface area contributed by atoms with Crippen LogP contribution in [0.3, 0.4) is 0 Å². The third-order valence-electron chi connectivity index (χ3n) is 8.75. The van der Waals surface area contributed by atoms with E-state index in [1.807, 2.05) is 0 Å². The van der Waals surface area contributed by atoms with Gasteiger partial charge in [0.05, 0.1) is 17.4 Å². The molecule has 4 aliphatic rings. The summed E-state index contributed by atoms with van der Waals surface area (Å²) >= 11 is 0. The number of pyridine rings is 1. The van der Waals surface area contributed by atoms with Crippen molar-refractivity contribution in [2.24, 2.45) is 5.41 Å². The number of benzene rings is 1. The van der Waals surface area contributed by atoms with Crippen LogP contribution in [0.25, 0.3) is 0 Å². The number of halogens is 4. The van der Waals surface area contributed by atoms with E-state index in [9.17, 15) is 18.3 Å². The molecule has 1 aromatic heterocycles. The minimum Gasteiger partial charge on any atom is -0.388 e. The Kier molecular flexibility index (Phi) is 4.98. The Labute approximate surface area is 197 Å². The normalized spacial score (nSPS) is 27.8. The summed E-state index contributed by atoms with van der Waals surface area (Å²) in [5, 5.41) is 11.3. The summed E-state index contributed by atoms with van der Waals surface area (Å²) in [6.07, 6.45) is 0.717. The van der Waals surface area contributed by atoms with Gasteiger partial charge in [0.2, 0.25) is 0 Å². The first-order chi connectivity index (χ1) is 16.1. The second-order valence-electron chi connectivity index (χ2n) is 11.6. The van der Waals surface area contributed by atoms with Gasteiger partial charge >= 0.3 is 6.18 Å². The summed E-state index contributed by atoms with van der Waals surface area (Å²) in [5.74, 6) is -0.130. The van der Waals surface area contributed by atoms with Crippen LogP contribution >= 0.6 is 0 Å². The minimum atomic E-state index is -4.45. The maximum atomic E-state index is 16.4. The van der Waals surface area contributed by atoms with Crippen LogP contribution in [0, 0.1) is 5.41 Å². The fourth-order valence-electron chi connectivity index (χ4n) is 7.44. The van der Waals surface area contributed by atoms with E-state index < -0.39 is 24.0 Å². The number of aliphatic hydroxyl groups excluding tert-OH is 1. The fourth-order valence-corrected chi connectivity index (χ4v) is 7.44. The highest BCUT2D eigenvalue weighted by atomic mass is 19.4. The van der Waals surface area contributed by atoms with Gasteiger partial charge in [-0.05, 0) is 78.2 Å². The van der Waals surface area contributed by atoms with Gasteiger partial charge in [-0.2, -0.15) is 13.2 Å². The lowest BCUT2D eigenvalue weighted by atomic mass is 9.67. The molecule has 6 rings (SSSR count). The number of hydrogen-bond acceptors (Lipinski definition) is 2. The van der Waals surface area contributed by atoms with Crippen molar-refractivity contribution >= 4 is 0 Å². The largest absolute Gasteiger partial charge is 0.416 e. The molecule has 34 heavy (non-hydrogen) atoms. The highest BCUT2D eigenvalue weighted by molar-refractivity contribution is 5.61. The Balaban J connectivity index is 1.61. The summed E-state index contributed by atoms with van der Waals surface area (Å²) in [6.45, 7) is 4.22. The van der Waals surface area contributed by atoms with E-state index in [2.05, 4.69) is 13.8 Å². The Morgan fingerprint density at radius 3 is 2.41 bits per heavy atom. The van der Waals surface area contributed by atoms with E-state index in [0.29, 0.717) is 48.1 Å². The minimum absolute atomic E-state index is 0.135. The van der Waals surface area contributed by atoms with Crippen LogP contribution < -0.4 is 0 Å². The SMILES string of the molecule is CC1(C)Cc2nc3c(c(C4CCCCC4)c2[C@@H](O)C1)[C@@H](F)c1ccc(C(F)(F)F)c2c1C3CC2. The number of aliphatic hydroxyl groups is 1. The molecule has 1 saturated carbocycles. The van der Waals surface area contributed by atoms with Gasteiger partial charge in [0.15, 0.2) is 6.17 Å². The van der Waals surface area contributed by atoms with Gasteiger partial charge in [-0.1, -0.05) is 39.2 Å². The maximum absolute atomic E-state index is 16.4. The molecule has 0 amide bonds. The zero-order chi connectivity index (χ0) is 24.0. The summed E-state index contributed by atoms with van der Waals surface area (Å²) in [7, 11) is 0. The van der Waals surface area contributed by atoms with Gasteiger partial charge in [-0.15, -0.1) is 0 Å².